The SMILES string of the molecule is O=c1n(CCNCC2CCOC2)nc2n1CCCC2. The van der Waals surface area contributed by atoms with Crippen LogP contribution in [0.1, 0.15) is 25.1 Å². The van der Waals surface area contributed by atoms with Gasteiger partial charge in [0.05, 0.1) is 13.2 Å². The van der Waals surface area contributed by atoms with E-state index in [9.17, 15) is 4.79 Å². The van der Waals surface area contributed by atoms with Crippen LogP contribution < -0.4 is 11.0 Å². The zero-order valence-electron chi connectivity index (χ0n) is 11.3. The normalized spacial score (nSPS) is 22.6. The zero-order chi connectivity index (χ0) is 13.1. The Kier molecular flexibility index (Phi) is 3.98. The second kappa shape index (κ2) is 5.88. The summed E-state index contributed by atoms with van der Waals surface area (Å²) in [6.07, 6.45) is 4.33. The Hall–Kier alpha value is -1.14. The van der Waals surface area contributed by atoms with E-state index in [1.165, 1.54) is 0 Å². The van der Waals surface area contributed by atoms with E-state index < -0.39 is 0 Å². The molecule has 0 amide bonds. The number of hydrogen-bond donors (Lipinski definition) is 1. The molecule has 0 spiro atoms. The van der Waals surface area contributed by atoms with E-state index in [1.54, 1.807) is 4.68 Å². The Morgan fingerprint density at radius 3 is 3.16 bits per heavy atom. The molecule has 1 aromatic rings. The fourth-order valence-electron chi connectivity index (χ4n) is 2.83. The summed E-state index contributed by atoms with van der Waals surface area (Å²) in [6, 6.07) is 0. The van der Waals surface area contributed by atoms with Gasteiger partial charge in [0.2, 0.25) is 0 Å². The van der Waals surface area contributed by atoms with Crippen molar-refractivity contribution in [2.75, 3.05) is 26.3 Å². The topological polar surface area (TPSA) is 61.1 Å². The lowest BCUT2D eigenvalue weighted by molar-refractivity contribution is 0.185. The molecule has 19 heavy (non-hydrogen) atoms. The fraction of sp³-hybridized carbons (Fsp3) is 0.846. The highest BCUT2D eigenvalue weighted by molar-refractivity contribution is 4.91. The lowest BCUT2D eigenvalue weighted by Gasteiger charge is -2.09. The number of nitrogens with zero attached hydrogens (tertiary/aromatic N) is 3. The molecule has 106 valence electrons. The van der Waals surface area contributed by atoms with Crippen molar-refractivity contribution in [3.8, 4) is 0 Å². The van der Waals surface area contributed by atoms with Crippen molar-refractivity contribution in [2.24, 2.45) is 5.92 Å². The Morgan fingerprint density at radius 2 is 2.37 bits per heavy atom. The first-order chi connectivity index (χ1) is 9.34. The standard InChI is InChI=1S/C13H22N4O2/c18-13-16-6-2-1-3-12(16)15-17(13)7-5-14-9-11-4-8-19-10-11/h11,14H,1-10H2. The first-order valence-electron chi connectivity index (χ1n) is 7.29. The van der Waals surface area contributed by atoms with Crippen LogP contribution in [-0.4, -0.2) is 40.7 Å². The van der Waals surface area contributed by atoms with Crippen LogP contribution in [0.15, 0.2) is 4.79 Å². The summed E-state index contributed by atoms with van der Waals surface area (Å²) in [5, 5.41) is 7.82. The summed E-state index contributed by atoms with van der Waals surface area (Å²) in [5.74, 6) is 1.59. The van der Waals surface area contributed by atoms with Crippen molar-refractivity contribution < 1.29 is 4.74 Å². The van der Waals surface area contributed by atoms with Gasteiger partial charge in [0, 0.05) is 32.7 Å². The van der Waals surface area contributed by atoms with Gasteiger partial charge in [-0.1, -0.05) is 0 Å². The maximum absolute atomic E-state index is 12.1. The summed E-state index contributed by atoms with van der Waals surface area (Å²) >= 11 is 0. The number of ether oxygens (including phenoxy) is 1. The minimum Gasteiger partial charge on any atom is -0.381 e. The molecule has 0 aromatic carbocycles. The highest BCUT2D eigenvalue weighted by Gasteiger charge is 2.17. The number of hydrogen-bond acceptors (Lipinski definition) is 4. The maximum Gasteiger partial charge on any atom is 0.345 e. The Labute approximate surface area is 112 Å². The monoisotopic (exact) mass is 266 g/mol. The number of aromatic nitrogens is 3. The second-order valence-corrected chi connectivity index (χ2v) is 5.46. The Balaban J connectivity index is 1.49. The lowest BCUT2D eigenvalue weighted by Crippen LogP contribution is -2.32. The van der Waals surface area contributed by atoms with Crippen LogP contribution in [0.5, 0.6) is 0 Å². The van der Waals surface area contributed by atoms with E-state index in [4.69, 9.17) is 4.74 Å². The molecule has 1 aromatic heterocycles. The highest BCUT2D eigenvalue weighted by Crippen LogP contribution is 2.10. The van der Waals surface area contributed by atoms with Crippen molar-refractivity contribution in [3.63, 3.8) is 0 Å². The third kappa shape index (κ3) is 2.90. The molecule has 1 N–H and O–H groups in total. The van der Waals surface area contributed by atoms with Gasteiger partial charge in [0.1, 0.15) is 5.82 Å². The van der Waals surface area contributed by atoms with Gasteiger partial charge in [-0.2, -0.15) is 5.10 Å². The molecular formula is C13H22N4O2. The third-order valence-electron chi connectivity index (χ3n) is 3.99. The van der Waals surface area contributed by atoms with Crippen LogP contribution in [0, 0.1) is 5.92 Å². The Morgan fingerprint density at radius 1 is 1.42 bits per heavy atom. The van der Waals surface area contributed by atoms with E-state index in [2.05, 4.69) is 10.4 Å². The minimum atomic E-state index is 0.0562. The maximum atomic E-state index is 12.1. The summed E-state index contributed by atoms with van der Waals surface area (Å²) in [5.41, 5.74) is 0.0562. The minimum absolute atomic E-state index is 0.0562. The van der Waals surface area contributed by atoms with Crippen molar-refractivity contribution in [1.82, 2.24) is 19.7 Å². The predicted molar refractivity (Wildman–Crippen MR) is 71.2 cm³/mol. The first kappa shape index (κ1) is 12.9. The van der Waals surface area contributed by atoms with Crippen LogP contribution in [0.4, 0.5) is 0 Å². The van der Waals surface area contributed by atoms with Crippen molar-refractivity contribution >= 4 is 0 Å². The van der Waals surface area contributed by atoms with Crippen LogP contribution in [-0.2, 0) is 24.2 Å². The molecule has 0 radical (unpaired) electrons. The molecule has 1 unspecified atom stereocenters. The molecule has 0 saturated carbocycles. The van der Waals surface area contributed by atoms with Crippen molar-refractivity contribution in [1.29, 1.82) is 0 Å². The van der Waals surface area contributed by atoms with E-state index >= 15 is 0 Å². The van der Waals surface area contributed by atoms with Gasteiger partial charge >= 0.3 is 5.69 Å². The largest absolute Gasteiger partial charge is 0.381 e. The molecule has 0 aliphatic carbocycles. The van der Waals surface area contributed by atoms with Gasteiger partial charge in [0.15, 0.2) is 0 Å². The summed E-state index contributed by atoms with van der Waals surface area (Å²) in [4.78, 5) is 12.1. The lowest BCUT2D eigenvalue weighted by atomic mass is 10.1. The quantitative estimate of drug-likeness (QED) is 0.763. The molecule has 6 heteroatoms. The number of fused-ring (bicyclic) bond motifs is 1. The molecule has 6 nitrogen and oxygen atoms in total. The Bertz CT molecular complexity index is 473. The van der Waals surface area contributed by atoms with E-state index in [0.717, 1.165) is 64.4 Å². The number of aryl methyl sites for hydroxylation is 1. The predicted octanol–water partition coefficient (Wildman–Crippen LogP) is 0.00720. The van der Waals surface area contributed by atoms with E-state index in [0.29, 0.717) is 12.5 Å². The fourth-order valence-corrected chi connectivity index (χ4v) is 2.83. The van der Waals surface area contributed by atoms with Gasteiger partial charge in [0.25, 0.3) is 0 Å². The first-order valence-corrected chi connectivity index (χ1v) is 7.29. The van der Waals surface area contributed by atoms with Gasteiger partial charge in [-0.15, -0.1) is 0 Å². The average Bonchev–Trinajstić information content (AvgIpc) is 3.04. The van der Waals surface area contributed by atoms with E-state index in [1.807, 2.05) is 4.57 Å². The van der Waals surface area contributed by atoms with Crippen LogP contribution in [0.3, 0.4) is 0 Å². The molecular weight excluding hydrogens is 244 g/mol. The molecule has 0 bridgehead atoms. The van der Waals surface area contributed by atoms with Gasteiger partial charge in [-0.25, -0.2) is 9.48 Å². The molecule has 2 aliphatic heterocycles. The summed E-state index contributed by atoms with van der Waals surface area (Å²) in [7, 11) is 0. The van der Waals surface area contributed by atoms with Crippen LogP contribution >= 0.6 is 0 Å². The summed E-state index contributed by atoms with van der Waals surface area (Å²) in [6.45, 7) is 5.02. The number of rotatable bonds is 5. The van der Waals surface area contributed by atoms with Gasteiger partial charge in [-0.3, -0.25) is 4.57 Å². The highest BCUT2D eigenvalue weighted by atomic mass is 16.5. The molecule has 2 aliphatic rings. The zero-order valence-corrected chi connectivity index (χ0v) is 11.3. The molecule has 1 saturated heterocycles. The molecule has 1 fully saturated rings. The second-order valence-electron chi connectivity index (χ2n) is 5.46. The number of nitrogens with one attached hydrogen (secondary N) is 1. The van der Waals surface area contributed by atoms with E-state index in [-0.39, 0.29) is 5.69 Å². The smallest absolute Gasteiger partial charge is 0.345 e. The third-order valence-corrected chi connectivity index (χ3v) is 3.99. The van der Waals surface area contributed by atoms with Crippen molar-refractivity contribution in [2.45, 2.75) is 38.8 Å². The summed E-state index contributed by atoms with van der Waals surface area (Å²) < 4.78 is 8.77. The van der Waals surface area contributed by atoms with Crippen LogP contribution in [0.25, 0.3) is 0 Å². The van der Waals surface area contributed by atoms with Crippen LogP contribution in [0.2, 0.25) is 0 Å². The average molecular weight is 266 g/mol. The molecule has 3 heterocycles. The van der Waals surface area contributed by atoms with Gasteiger partial charge < -0.3 is 10.1 Å². The molecule has 3 rings (SSSR count). The van der Waals surface area contributed by atoms with Crippen molar-refractivity contribution in [3.05, 3.63) is 16.3 Å². The van der Waals surface area contributed by atoms with Gasteiger partial charge in [-0.05, 0) is 25.2 Å². The molecule has 1 atom stereocenters.